The van der Waals surface area contributed by atoms with Crippen LogP contribution in [0, 0.1) is 0 Å². The molecule has 0 fully saturated rings. The molecule has 134 valence electrons. The van der Waals surface area contributed by atoms with E-state index in [-0.39, 0.29) is 11.3 Å². The molecule has 1 N–H and O–H groups in total. The molecule has 1 aliphatic heterocycles. The van der Waals surface area contributed by atoms with Gasteiger partial charge in [-0.3, -0.25) is 18.7 Å². The number of benzene rings is 1. The van der Waals surface area contributed by atoms with Crippen molar-refractivity contribution in [3.05, 3.63) is 72.0 Å². The summed E-state index contributed by atoms with van der Waals surface area (Å²) in [5.74, 6) is 0.0449. The smallest absolute Gasteiger partial charge is 0.332 e. The minimum absolute atomic E-state index is 0.0565. The van der Waals surface area contributed by atoms with E-state index >= 15 is 0 Å². The molecule has 1 aliphatic carbocycles. The number of aromatic nitrogens is 2. The molecular weight excluding hydrogens is 398 g/mol. The molecule has 6 nitrogen and oxygen atoms in total. The van der Waals surface area contributed by atoms with Crippen LogP contribution < -0.4 is 16.6 Å². The fourth-order valence-electron chi connectivity index (χ4n) is 3.92. The standard InChI is InChI=1S/C19H18BrN3O3/c1-22-17-16(18(25)23(2)19(22)26)14(10-6-3-4-7-11(10)20)15-12(21-17)8-5-9-13(15)24/h3-4,6-7,14,21H,5,8-9H2,1-2H3. The number of hydrogen-bond donors (Lipinski definition) is 1. The molecule has 0 amide bonds. The van der Waals surface area contributed by atoms with Gasteiger partial charge in [0.05, 0.1) is 5.56 Å². The van der Waals surface area contributed by atoms with E-state index in [0.717, 1.165) is 33.1 Å². The van der Waals surface area contributed by atoms with E-state index in [9.17, 15) is 14.4 Å². The Balaban J connectivity index is 2.12. The van der Waals surface area contributed by atoms with Crippen molar-refractivity contribution in [1.29, 1.82) is 0 Å². The lowest BCUT2D eigenvalue weighted by Crippen LogP contribution is -2.44. The molecule has 2 heterocycles. The third kappa shape index (κ3) is 2.34. The number of carbonyl (C=O) groups is 1. The fraction of sp³-hybridized carbons (Fsp3) is 0.316. The second-order valence-electron chi connectivity index (χ2n) is 6.72. The van der Waals surface area contributed by atoms with Crippen molar-refractivity contribution < 1.29 is 4.79 Å². The maximum atomic E-state index is 13.0. The van der Waals surface area contributed by atoms with Crippen LogP contribution in [0.5, 0.6) is 0 Å². The molecule has 1 atom stereocenters. The molecule has 2 aromatic rings. The Kier molecular flexibility index (Phi) is 3.99. The monoisotopic (exact) mass is 415 g/mol. The van der Waals surface area contributed by atoms with Crippen LogP contribution in [0.4, 0.5) is 5.82 Å². The number of Topliss-reactive ketones (excluding diaryl/α,β-unsaturated/α-hetero) is 1. The average Bonchev–Trinajstić information content (AvgIpc) is 2.64. The topological polar surface area (TPSA) is 73.1 Å². The van der Waals surface area contributed by atoms with Gasteiger partial charge < -0.3 is 5.32 Å². The van der Waals surface area contributed by atoms with Gasteiger partial charge in [-0.1, -0.05) is 34.1 Å². The minimum Gasteiger partial charge on any atom is -0.344 e. The molecule has 0 saturated carbocycles. The van der Waals surface area contributed by atoms with Crippen molar-refractivity contribution in [3.63, 3.8) is 0 Å². The van der Waals surface area contributed by atoms with Crippen molar-refractivity contribution in [1.82, 2.24) is 9.13 Å². The molecule has 1 aromatic heterocycles. The van der Waals surface area contributed by atoms with Crippen molar-refractivity contribution in [2.45, 2.75) is 25.2 Å². The number of halogens is 1. The zero-order valence-electron chi connectivity index (χ0n) is 14.5. The molecule has 26 heavy (non-hydrogen) atoms. The van der Waals surface area contributed by atoms with Gasteiger partial charge in [0, 0.05) is 42.2 Å². The largest absolute Gasteiger partial charge is 0.344 e. The van der Waals surface area contributed by atoms with Crippen LogP contribution in [-0.4, -0.2) is 14.9 Å². The van der Waals surface area contributed by atoms with E-state index in [0.29, 0.717) is 23.4 Å². The van der Waals surface area contributed by atoms with Gasteiger partial charge in [0.25, 0.3) is 5.56 Å². The predicted octanol–water partition coefficient (Wildman–Crippen LogP) is 2.41. The molecule has 1 unspecified atom stereocenters. The Labute approximate surface area is 158 Å². The number of nitrogens with one attached hydrogen (secondary N) is 1. The number of allylic oxidation sites excluding steroid dienone is 2. The zero-order chi connectivity index (χ0) is 18.6. The number of ketones is 1. The van der Waals surface area contributed by atoms with Gasteiger partial charge >= 0.3 is 5.69 Å². The van der Waals surface area contributed by atoms with Crippen molar-refractivity contribution in [3.8, 4) is 0 Å². The summed E-state index contributed by atoms with van der Waals surface area (Å²) in [7, 11) is 3.11. The zero-order valence-corrected chi connectivity index (χ0v) is 16.1. The summed E-state index contributed by atoms with van der Waals surface area (Å²) in [4.78, 5) is 38.2. The SMILES string of the molecule is Cn1c2c(c(=O)n(C)c1=O)C(c1ccccc1Br)C1=C(CCCC1=O)N2. The van der Waals surface area contributed by atoms with E-state index in [1.807, 2.05) is 24.3 Å². The summed E-state index contributed by atoms with van der Waals surface area (Å²) in [5, 5.41) is 3.22. The van der Waals surface area contributed by atoms with Gasteiger partial charge in [0.2, 0.25) is 0 Å². The maximum absolute atomic E-state index is 13.0. The van der Waals surface area contributed by atoms with Crippen molar-refractivity contribution in [2.75, 3.05) is 5.32 Å². The Morgan fingerprint density at radius 2 is 1.81 bits per heavy atom. The number of hydrogen-bond acceptors (Lipinski definition) is 4. The highest BCUT2D eigenvalue weighted by atomic mass is 79.9. The first-order valence-electron chi connectivity index (χ1n) is 8.49. The Hall–Kier alpha value is -2.41. The highest BCUT2D eigenvalue weighted by molar-refractivity contribution is 9.10. The third-order valence-electron chi connectivity index (χ3n) is 5.22. The molecule has 0 saturated heterocycles. The molecule has 1 aromatic carbocycles. The summed E-state index contributed by atoms with van der Waals surface area (Å²) in [5.41, 5.74) is 1.99. The predicted molar refractivity (Wildman–Crippen MR) is 102 cm³/mol. The molecular formula is C19H18BrN3O3. The first kappa shape index (κ1) is 17.0. The molecule has 4 rings (SSSR count). The molecule has 0 bridgehead atoms. The summed E-state index contributed by atoms with van der Waals surface area (Å²) < 4.78 is 3.38. The van der Waals surface area contributed by atoms with Gasteiger partial charge in [0.15, 0.2) is 5.78 Å². The van der Waals surface area contributed by atoms with Crippen LogP contribution in [0.15, 0.2) is 49.6 Å². The number of fused-ring (bicyclic) bond motifs is 1. The quantitative estimate of drug-likeness (QED) is 0.775. The molecule has 7 heteroatoms. The number of carbonyl (C=O) groups excluding carboxylic acids is 1. The van der Waals surface area contributed by atoms with Crippen LogP contribution in [0.1, 0.15) is 36.3 Å². The Morgan fingerprint density at radius 1 is 1.08 bits per heavy atom. The van der Waals surface area contributed by atoms with Crippen molar-refractivity contribution in [2.24, 2.45) is 14.1 Å². The lowest BCUT2D eigenvalue weighted by Gasteiger charge is -2.34. The lowest BCUT2D eigenvalue weighted by molar-refractivity contribution is -0.116. The molecule has 2 aliphatic rings. The van der Waals surface area contributed by atoms with Gasteiger partial charge in [-0.2, -0.15) is 0 Å². The number of rotatable bonds is 1. The summed E-state index contributed by atoms with van der Waals surface area (Å²) >= 11 is 3.56. The van der Waals surface area contributed by atoms with Crippen molar-refractivity contribution >= 4 is 27.5 Å². The van der Waals surface area contributed by atoms with Crippen LogP contribution >= 0.6 is 15.9 Å². The first-order chi connectivity index (χ1) is 12.4. The summed E-state index contributed by atoms with van der Waals surface area (Å²) in [6, 6.07) is 7.60. The lowest BCUT2D eigenvalue weighted by atomic mass is 9.76. The van der Waals surface area contributed by atoms with E-state index in [2.05, 4.69) is 21.2 Å². The summed E-state index contributed by atoms with van der Waals surface area (Å²) in [6.45, 7) is 0. The molecule has 0 spiro atoms. The Morgan fingerprint density at radius 3 is 2.54 bits per heavy atom. The second-order valence-corrected chi connectivity index (χ2v) is 7.57. The van der Waals surface area contributed by atoms with E-state index in [4.69, 9.17) is 0 Å². The fourth-order valence-corrected chi connectivity index (χ4v) is 4.43. The van der Waals surface area contributed by atoms with E-state index in [1.165, 1.54) is 11.6 Å². The van der Waals surface area contributed by atoms with Crippen LogP contribution in [-0.2, 0) is 18.9 Å². The van der Waals surface area contributed by atoms with Gasteiger partial charge in [-0.05, 0) is 24.5 Å². The number of nitrogens with zero attached hydrogens (tertiary/aromatic N) is 2. The highest BCUT2D eigenvalue weighted by Gasteiger charge is 2.39. The van der Waals surface area contributed by atoms with Gasteiger partial charge in [0.1, 0.15) is 5.82 Å². The van der Waals surface area contributed by atoms with Gasteiger partial charge in [-0.25, -0.2) is 4.79 Å². The maximum Gasteiger partial charge on any atom is 0.332 e. The second kappa shape index (κ2) is 6.09. The van der Waals surface area contributed by atoms with Crippen LogP contribution in [0.3, 0.4) is 0 Å². The summed E-state index contributed by atoms with van der Waals surface area (Å²) in [6.07, 6.45) is 1.97. The molecule has 0 radical (unpaired) electrons. The van der Waals surface area contributed by atoms with Crippen LogP contribution in [0.2, 0.25) is 0 Å². The first-order valence-corrected chi connectivity index (χ1v) is 9.28. The highest BCUT2D eigenvalue weighted by Crippen LogP contribution is 2.45. The van der Waals surface area contributed by atoms with Crippen LogP contribution in [0.25, 0.3) is 0 Å². The normalized spacial score (nSPS) is 19.0. The van der Waals surface area contributed by atoms with E-state index < -0.39 is 11.6 Å². The minimum atomic E-state index is -0.491. The van der Waals surface area contributed by atoms with Gasteiger partial charge in [-0.15, -0.1) is 0 Å². The third-order valence-corrected chi connectivity index (χ3v) is 5.94. The van der Waals surface area contributed by atoms with E-state index in [1.54, 1.807) is 7.05 Å². The number of anilines is 1. The average molecular weight is 416 g/mol. The Bertz CT molecular complexity index is 1090.